The molecule has 0 saturated carbocycles. The molecule has 0 aliphatic carbocycles. The zero-order valence-electron chi connectivity index (χ0n) is 14.9. The summed E-state index contributed by atoms with van der Waals surface area (Å²) in [6.07, 6.45) is 6.26. The van der Waals surface area contributed by atoms with Crippen molar-refractivity contribution < 1.29 is 4.79 Å². The van der Waals surface area contributed by atoms with Gasteiger partial charge in [-0.25, -0.2) is 0 Å². The Morgan fingerprint density at radius 1 is 1.35 bits per heavy atom. The summed E-state index contributed by atoms with van der Waals surface area (Å²) in [5.74, 6) is 0.0180. The molecule has 6 nitrogen and oxygen atoms in total. The molecule has 1 aliphatic heterocycles. The lowest BCUT2D eigenvalue weighted by molar-refractivity contribution is -0.122. The predicted molar refractivity (Wildman–Crippen MR) is 109 cm³/mol. The van der Waals surface area contributed by atoms with Crippen LogP contribution >= 0.6 is 24.8 Å². The van der Waals surface area contributed by atoms with Crippen molar-refractivity contribution >= 4 is 36.4 Å². The molecule has 3 N–H and O–H groups in total. The standard InChI is InChI=1S/C18H25N5O.2ClH/c1-22-13-16(11-20-22)23-9-5-8-15(12-23)21-18(24)10-17(19)14-6-3-2-4-7-14;;/h2-4,6-7,11,13,15,17H,5,8-10,12,19H2,1H3,(H,21,24);2*1H. The summed E-state index contributed by atoms with van der Waals surface area (Å²) >= 11 is 0. The van der Waals surface area contributed by atoms with Gasteiger partial charge in [0.15, 0.2) is 0 Å². The van der Waals surface area contributed by atoms with Gasteiger partial charge in [0.25, 0.3) is 0 Å². The average Bonchev–Trinajstić information content (AvgIpc) is 3.02. The molecule has 1 amide bonds. The fourth-order valence-electron chi connectivity index (χ4n) is 3.21. The molecule has 0 spiro atoms. The summed E-state index contributed by atoms with van der Waals surface area (Å²) in [7, 11) is 1.91. The second-order valence-electron chi connectivity index (χ2n) is 6.45. The Hall–Kier alpha value is -1.76. The van der Waals surface area contributed by atoms with Crippen LogP contribution in [0.4, 0.5) is 5.69 Å². The zero-order chi connectivity index (χ0) is 16.9. The first kappa shape index (κ1) is 22.3. The number of nitrogens with two attached hydrogens (primary N) is 1. The van der Waals surface area contributed by atoms with Crippen LogP contribution in [0.3, 0.4) is 0 Å². The monoisotopic (exact) mass is 399 g/mol. The van der Waals surface area contributed by atoms with E-state index in [1.807, 2.05) is 49.8 Å². The first-order valence-electron chi connectivity index (χ1n) is 8.45. The Balaban J connectivity index is 0.00000169. The molecule has 26 heavy (non-hydrogen) atoms. The van der Waals surface area contributed by atoms with E-state index in [0.717, 1.165) is 37.2 Å². The molecule has 1 aromatic heterocycles. The number of anilines is 1. The van der Waals surface area contributed by atoms with E-state index in [-0.39, 0.29) is 42.8 Å². The maximum Gasteiger partial charge on any atom is 0.222 e. The SMILES string of the molecule is Cl.Cl.Cn1cc(N2CCCC(NC(=O)CC(N)c3ccccc3)C2)cn1. The van der Waals surface area contributed by atoms with E-state index in [1.165, 1.54) is 0 Å². The number of nitrogens with zero attached hydrogens (tertiary/aromatic N) is 3. The van der Waals surface area contributed by atoms with E-state index in [4.69, 9.17) is 5.73 Å². The minimum Gasteiger partial charge on any atom is -0.367 e. The fourth-order valence-corrected chi connectivity index (χ4v) is 3.21. The molecule has 1 fully saturated rings. The fraction of sp³-hybridized carbons (Fsp3) is 0.444. The second kappa shape index (κ2) is 10.4. The maximum absolute atomic E-state index is 12.3. The molecule has 3 rings (SSSR count). The van der Waals surface area contributed by atoms with Crippen LogP contribution in [0.25, 0.3) is 0 Å². The van der Waals surface area contributed by atoms with Crippen molar-refractivity contribution in [3.63, 3.8) is 0 Å². The van der Waals surface area contributed by atoms with E-state index < -0.39 is 0 Å². The highest BCUT2D eigenvalue weighted by Gasteiger charge is 2.23. The highest BCUT2D eigenvalue weighted by atomic mass is 35.5. The number of piperidine rings is 1. The van der Waals surface area contributed by atoms with Crippen LogP contribution in [-0.2, 0) is 11.8 Å². The van der Waals surface area contributed by atoms with Crippen LogP contribution in [0.1, 0.15) is 30.9 Å². The van der Waals surface area contributed by atoms with Crippen molar-refractivity contribution in [2.24, 2.45) is 12.8 Å². The van der Waals surface area contributed by atoms with E-state index in [1.54, 1.807) is 4.68 Å². The van der Waals surface area contributed by atoms with Gasteiger partial charge < -0.3 is 16.0 Å². The van der Waals surface area contributed by atoms with Crippen molar-refractivity contribution in [3.05, 3.63) is 48.3 Å². The van der Waals surface area contributed by atoms with Gasteiger partial charge in [-0.05, 0) is 18.4 Å². The minimum atomic E-state index is -0.260. The number of carbonyl (C=O) groups is 1. The van der Waals surface area contributed by atoms with Gasteiger partial charge >= 0.3 is 0 Å². The highest BCUT2D eigenvalue weighted by molar-refractivity contribution is 5.85. The first-order chi connectivity index (χ1) is 11.6. The van der Waals surface area contributed by atoms with Gasteiger partial charge in [-0.1, -0.05) is 30.3 Å². The summed E-state index contributed by atoms with van der Waals surface area (Å²) in [6, 6.07) is 9.66. The largest absolute Gasteiger partial charge is 0.367 e. The van der Waals surface area contributed by atoms with Crippen LogP contribution in [0.5, 0.6) is 0 Å². The summed E-state index contributed by atoms with van der Waals surface area (Å²) in [6.45, 7) is 1.82. The Morgan fingerprint density at radius 2 is 2.08 bits per heavy atom. The number of hydrogen-bond donors (Lipinski definition) is 2. The molecular formula is C18H27Cl2N5O. The minimum absolute atomic E-state index is 0. The van der Waals surface area contributed by atoms with Gasteiger partial charge in [0.05, 0.1) is 11.9 Å². The molecule has 0 bridgehead atoms. The van der Waals surface area contributed by atoms with E-state index in [2.05, 4.69) is 15.3 Å². The number of nitrogens with one attached hydrogen (secondary N) is 1. The lowest BCUT2D eigenvalue weighted by atomic mass is 10.0. The molecule has 1 aromatic carbocycles. The number of rotatable bonds is 5. The van der Waals surface area contributed by atoms with E-state index in [0.29, 0.717) is 6.42 Å². The average molecular weight is 400 g/mol. The number of benzene rings is 1. The molecule has 2 aromatic rings. The topological polar surface area (TPSA) is 76.2 Å². The van der Waals surface area contributed by atoms with Crippen LogP contribution in [0.15, 0.2) is 42.7 Å². The summed E-state index contributed by atoms with van der Waals surface area (Å²) < 4.78 is 1.80. The van der Waals surface area contributed by atoms with Gasteiger partial charge in [0, 0.05) is 44.8 Å². The number of halogens is 2. The van der Waals surface area contributed by atoms with E-state index >= 15 is 0 Å². The van der Waals surface area contributed by atoms with Gasteiger partial charge in [-0.3, -0.25) is 9.48 Å². The number of carbonyl (C=O) groups excluding carboxylic acids is 1. The third kappa shape index (κ3) is 5.90. The third-order valence-corrected chi connectivity index (χ3v) is 4.48. The number of hydrogen-bond acceptors (Lipinski definition) is 4. The van der Waals surface area contributed by atoms with Crippen molar-refractivity contribution in [1.29, 1.82) is 0 Å². The second-order valence-corrected chi connectivity index (χ2v) is 6.45. The molecule has 1 saturated heterocycles. The van der Waals surface area contributed by atoms with Crippen molar-refractivity contribution in [3.8, 4) is 0 Å². The Labute approximate surface area is 166 Å². The quantitative estimate of drug-likeness (QED) is 0.809. The number of amides is 1. The lowest BCUT2D eigenvalue weighted by Crippen LogP contribution is -2.48. The van der Waals surface area contributed by atoms with Crippen molar-refractivity contribution in [1.82, 2.24) is 15.1 Å². The summed E-state index contributed by atoms with van der Waals surface area (Å²) in [5.41, 5.74) is 8.24. The predicted octanol–water partition coefficient (Wildman–Crippen LogP) is 2.44. The maximum atomic E-state index is 12.3. The Morgan fingerprint density at radius 3 is 2.73 bits per heavy atom. The molecule has 1 aliphatic rings. The normalized spacial score (nSPS) is 17.6. The van der Waals surface area contributed by atoms with E-state index in [9.17, 15) is 4.79 Å². The van der Waals surface area contributed by atoms with Gasteiger partial charge in [-0.15, -0.1) is 24.8 Å². The number of aryl methyl sites for hydroxylation is 1. The van der Waals surface area contributed by atoms with Crippen molar-refractivity contribution in [2.45, 2.75) is 31.3 Å². The van der Waals surface area contributed by atoms with Crippen LogP contribution < -0.4 is 16.0 Å². The molecule has 2 atom stereocenters. The molecular weight excluding hydrogens is 373 g/mol. The Bertz CT molecular complexity index is 679. The van der Waals surface area contributed by atoms with Crippen LogP contribution in [0.2, 0.25) is 0 Å². The van der Waals surface area contributed by atoms with Gasteiger partial charge in [0.2, 0.25) is 5.91 Å². The van der Waals surface area contributed by atoms with Gasteiger partial charge in [-0.2, -0.15) is 5.10 Å². The number of aromatic nitrogens is 2. The third-order valence-electron chi connectivity index (χ3n) is 4.48. The molecule has 144 valence electrons. The highest BCUT2D eigenvalue weighted by Crippen LogP contribution is 2.19. The van der Waals surface area contributed by atoms with Crippen LogP contribution in [0, 0.1) is 0 Å². The smallest absolute Gasteiger partial charge is 0.222 e. The molecule has 2 heterocycles. The summed E-state index contributed by atoms with van der Waals surface area (Å²) in [4.78, 5) is 14.6. The first-order valence-corrected chi connectivity index (χ1v) is 8.45. The zero-order valence-corrected chi connectivity index (χ0v) is 16.5. The van der Waals surface area contributed by atoms with Crippen LogP contribution in [-0.4, -0.2) is 34.8 Å². The van der Waals surface area contributed by atoms with Crippen molar-refractivity contribution in [2.75, 3.05) is 18.0 Å². The lowest BCUT2D eigenvalue weighted by Gasteiger charge is -2.34. The van der Waals surface area contributed by atoms with Gasteiger partial charge in [0.1, 0.15) is 0 Å². The molecule has 2 unspecified atom stereocenters. The Kier molecular flexibility index (Phi) is 8.92. The molecule has 0 radical (unpaired) electrons. The molecule has 8 heteroatoms. The summed E-state index contributed by atoms with van der Waals surface area (Å²) in [5, 5.41) is 7.36.